The summed E-state index contributed by atoms with van der Waals surface area (Å²) in [4.78, 5) is 12.2. The molecule has 0 aliphatic carbocycles. The SMILES string of the molecule is CCCCCCCCCCc1ccc2c(/C=C3\C(=O)NNC3(C)C)cccc2c1. The molecule has 3 heteroatoms. The molecule has 2 aromatic carbocycles. The van der Waals surface area contributed by atoms with Gasteiger partial charge >= 0.3 is 0 Å². The summed E-state index contributed by atoms with van der Waals surface area (Å²) in [6.45, 7) is 6.31. The van der Waals surface area contributed by atoms with Crippen LogP contribution in [0.1, 0.15) is 83.3 Å². The number of unbranched alkanes of at least 4 members (excludes halogenated alkanes) is 7. The van der Waals surface area contributed by atoms with Gasteiger partial charge in [0.2, 0.25) is 0 Å². The van der Waals surface area contributed by atoms with Crippen molar-refractivity contribution >= 4 is 22.8 Å². The third-order valence-electron chi connectivity index (χ3n) is 6.00. The summed E-state index contributed by atoms with van der Waals surface area (Å²) in [6.07, 6.45) is 14.0. The first-order valence-corrected chi connectivity index (χ1v) is 11.3. The summed E-state index contributed by atoms with van der Waals surface area (Å²) in [5.74, 6) is -0.0432. The van der Waals surface area contributed by atoms with E-state index in [0.717, 1.165) is 17.6 Å². The first-order chi connectivity index (χ1) is 14.0. The van der Waals surface area contributed by atoms with Gasteiger partial charge in [-0.1, -0.05) is 88.3 Å². The Morgan fingerprint density at radius 1 is 0.931 bits per heavy atom. The van der Waals surface area contributed by atoms with E-state index < -0.39 is 0 Å². The van der Waals surface area contributed by atoms with Crippen molar-refractivity contribution in [2.75, 3.05) is 0 Å². The third kappa shape index (κ3) is 5.70. The lowest BCUT2D eigenvalue weighted by atomic mass is 9.92. The summed E-state index contributed by atoms with van der Waals surface area (Å²) in [7, 11) is 0. The zero-order valence-electron chi connectivity index (χ0n) is 18.3. The number of hydrogen-bond acceptors (Lipinski definition) is 2. The number of carbonyl (C=O) groups excluding carboxylic acids is 1. The topological polar surface area (TPSA) is 41.1 Å². The molecule has 29 heavy (non-hydrogen) atoms. The number of benzene rings is 2. The second kappa shape index (κ2) is 10.1. The molecule has 0 spiro atoms. The largest absolute Gasteiger partial charge is 0.287 e. The predicted molar refractivity (Wildman–Crippen MR) is 124 cm³/mol. The van der Waals surface area contributed by atoms with Crippen molar-refractivity contribution in [3.63, 3.8) is 0 Å². The molecule has 1 saturated heterocycles. The molecule has 0 atom stereocenters. The summed E-state index contributed by atoms with van der Waals surface area (Å²) in [5, 5.41) is 2.45. The predicted octanol–water partition coefficient (Wildman–Crippen LogP) is 6.32. The molecule has 0 bridgehead atoms. The van der Waals surface area contributed by atoms with Crippen LogP contribution in [0.2, 0.25) is 0 Å². The second-order valence-electron chi connectivity index (χ2n) is 8.89. The minimum Gasteiger partial charge on any atom is -0.287 e. The molecule has 2 N–H and O–H groups in total. The number of aryl methyl sites for hydroxylation is 1. The maximum Gasteiger partial charge on any atom is 0.263 e. The van der Waals surface area contributed by atoms with Gasteiger partial charge in [-0.25, -0.2) is 5.43 Å². The molecule has 0 radical (unpaired) electrons. The Balaban J connectivity index is 1.62. The van der Waals surface area contributed by atoms with Gasteiger partial charge in [0.15, 0.2) is 0 Å². The van der Waals surface area contributed by atoms with E-state index in [1.165, 1.54) is 67.7 Å². The fourth-order valence-corrected chi connectivity index (χ4v) is 4.14. The van der Waals surface area contributed by atoms with Crippen molar-refractivity contribution in [1.82, 2.24) is 10.9 Å². The van der Waals surface area contributed by atoms with Gasteiger partial charge in [-0.2, -0.15) is 0 Å². The van der Waals surface area contributed by atoms with Gasteiger partial charge in [-0.05, 0) is 54.7 Å². The molecule has 1 aliphatic heterocycles. The molecule has 0 aromatic heterocycles. The molecule has 2 aromatic rings. The average Bonchev–Trinajstić information content (AvgIpc) is 2.97. The third-order valence-corrected chi connectivity index (χ3v) is 6.00. The van der Waals surface area contributed by atoms with Crippen molar-refractivity contribution in [2.24, 2.45) is 0 Å². The maximum absolute atomic E-state index is 12.2. The summed E-state index contributed by atoms with van der Waals surface area (Å²) >= 11 is 0. The summed E-state index contributed by atoms with van der Waals surface area (Å²) in [6, 6.07) is 13.1. The molecular formula is C26H36N2O. The van der Waals surface area contributed by atoms with Crippen LogP contribution in [0, 0.1) is 0 Å². The Hall–Kier alpha value is -2.13. The monoisotopic (exact) mass is 392 g/mol. The Morgan fingerprint density at radius 3 is 2.34 bits per heavy atom. The van der Waals surface area contributed by atoms with Gasteiger partial charge in [0.1, 0.15) is 0 Å². The molecule has 3 rings (SSSR count). The van der Waals surface area contributed by atoms with Crippen LogP contribution in [-0.2, 0) is 11.2 Å². The van der Waals surface area contributed by atoms with E-state index in [9.17, 15) is 4.79 Å². The molecule has 1 aliphatic rings. The van der Waals surface area contributed by atoms with Crippen LogP contribution in [0.15, 0.2) is 42.0 Å². The van der Waals surface area contributed by atoms with Gasteiger partial charge in [0, 0.05) is 5.57 Å². The second-order valence-corrected chi connectivity index (χ2v) is 8.89. The summed E-state index contributed by atoms with van der Waals surface area (Å²) in [5.41, 5.74) is 8.70. The quantitative estimate of drug-likeness (QED) is 0.367. The Labute approximate surface area is 175 Å². The highest BCUT2D eigenvalue weighted by Gasteiger charge is 2.34. The van der Waals surface area contributed by atoms with Gasteiger partial charge < -0.3 is 0 Å². The molecule has 1 amide bonds. The highest BCUT2D eigenvalue weighted by atomic mass is 16.2. The smallest absolute Gasteiger partial charge is 0.263 e. The maximum atomic E-state index is 12.2. The van der Waals surface area contributed by atoms with Crippen LogP contribution >= 0.6 is 0 Å². The lowest BCUT2D eigenvalue weighted by Crippen LogP contribution is -2.38. The highest BCUT2D eigenvalue weighted by Crippen LogP contribution is 2.27. The van der Waals surface area contributed by atoms with Crippen LogP contribution < -0.4 is 10.9 Å². The van der Waals surface area contributed by atoms with E-state index in [4.69, 9.17) is 0 Å². The van der Waals surface area contributed by atoms with Crippen molar-refractivity contribution in [2.45, 2.75) is 84.1 Å². The molecule has 156 valence electrons. The number of hydrazine groups is 1. The Morgan fingerprint density at radius 2 is 1.66 bits per heavy atom. The first kappa shape index (κ1) is 21.6. The van der Waals surface area contributed by atoms with Crippen molar-refractivity contribution in [3.8, 4) is 0 Å². The van der Waals surface area contributed by atoms with Crippen LogP contribution in [0.3, 0.4) is 0 Å². The normalized spacial score (nSPS) is 17.2. The highest BCUT2D eigenvalue weighted by molar-refractivity contribution is 6.04. The standard InChI is InChI=1S/C26H36N2O/c1-4-5-6-7-8-9-10-11-13-20-16-17-23-21(18-20)14-12-15-22(23)19-24-25(29)27-28-26(24,2)3/h12,14-19,28H,4-11,13H2,1-3H3,(H,27,29)/b24-19+. The lowest BCUT2D eigenvalue weighted by Gasteiger charge is -2.17. The lowest BCUT2D eigenvalue weighted by molar-refractivity contribution is -0.116. The number of hydrogen-bond donors (Lipinski definition) is 2. The van der Waals surface area contributed by atoms with E-state index in [0.29, 0.717) is 0 Å². The number of amides is 1. The van der Waals surface area contributed by atoms with Gasteiger partial charge in [0.25, 0.3) is 5.91 Å². The molecular weight excluding hydrogens is 356 g/mol. The molecule has 0 saturated carbocycles. The zero-order valence-corrected chi connectivity index (χ0v) is 18.3. The van der Waals surface area contributed by atoms with Crippen LogP contribution in [0.4, 0.5) is 0 Å². The van der Waals surface area contributed by atoms with E-state index >= 15 is 0 Å². The van der Waals surface area contributed by atoms with Crippen molar-refractivity contribution < 1.29 is 4.79 Å². The number of rotatable bonds is 10. The van der Waals surface area contributed by atoms with E-state index in [2.05, 4.69) is 54.2 Å². The number of fused-ring (bicyclic) bond motifs is 1. The van der Waals surface area contributed by atoms with E-state index in [1.54, 1.807) is 0 Å². The number of nitrogens with one attached hydrogen (secondary N) is 2. The van der Waals surface area contributed by atoms with Crippen molar-refractivity contribution in [1.29, 1.82) is 0 Å². The van der Waals surface area contributed by atoms with E-state index in [-0.39, 0.29) is 11.4 Å². The minimum atomic E-state index is -0.365. The van der Waals surface area contributed by atoms with Crippen LogP contribution in [-0.4, -0.2) is 11.4 Å². The van der Waals surface area contributed by atoms with Gasteiger partial charge in [-0.15, -0.1) is 0 Å². The Kier molecular flexibility index (Phi) is 7.49. The fourth-order valence-electron chi connectivity index (χ4n) is 4.14. The number of carbonyl (C=O) groups is 1. The molecule has 1 fully saturated rings. The average molecular weight is 393 g/mol. The molecule has 0 unspecified atom stereocenters. The Bertz CT molecular complexity index is 866. The van der Waals surface area contributed by atoms with Crippen LogP contribution in [0.5, 0.6) is 0 Å². The summed E-state index contributed by atoms with van der Waals surface area (Å²) < 4.78 is 0. The van der Waals surface area contributed by atoms with Crippen molar-refractivity contribution in [3.05, 3.63) is 53.1 Å². The van der Waals surface area contributed by atoms with Crippen LogP contribution in [0.25, 0.3) is 16.8 Å². The molecule has 3 nitrogen and oxygen atoms in total. The first-order valence-electron chi connectivity index (χ1n) is 11.3. The molecule has 1 heterocycles. The van der Waals surface area contributed by atoms with Gasteiger partial charge in [-0.3, -0.25) is 10.2 Å². The zero-order chi connectivity index (χ0) is 20.7. The van der Waals surface area contributed by atoms with E-state index in [1.807, 2.05) is 19.9 Å². The fraction of sp³-hybridized carbons (Fsp3) is 0.500. The van der Waals surface area contributed by atoms with Gasteiger partial charge in [0.05, 0.1) is 5.54 Å². The minimum absolute atomic E-state index is 0.0432.